The monoisotopic (exact) mass is 521 g/mol. The van der Waals surface area contributed by atoms with Gasteiger partial charge in [0, 0.05) is 35.9 Å². The molecule has 1 amide bonds. The number of anilines is 3. The molecule has 36 heavy (non-hydrogen) atoms. The average molecular weight is 522 g/mol. The number of hydrogen-bond donors (Lipinski definition) is 2. The SMILES string of the molecule is C=CC(=O)N1CC[C@H](Nc2ccc3ncnc(Nc4ccc(OCc5ncc(C)s5)c(Cl)c4)c3n2)C1. The number of rotatable bonds is 8. The Hall–Kier alpha value is -3.76. The number of nitrogens with one attached hydrogen (secondary N) is 2. The van der Waals surface area contributed by atoms with Crippen LogP contribution in [0.15, 0.2) is 55.5 Å². The molecule has 4 aromatic rings. The van der Waals surface area contributed by atoms with Crippen LogP contribution in [0.2, 0.25) is 5.02 Å². The molecular weight excluding hydrogens is 498 g/mol. The van der Waals surface area contributed by atoms with Crippen LogP contribution in [0.4, 0.5) is 17.3 Å². The second-order valence-corrected chi connectivity index (χ2v) is 10.1. The maximum Gasteiger partial charge on any atom is 0.246 e. The highest BCUT2D eigenvalue weighted by Crippen LogP contribution is 2.31. The van der Waals surface area contributed by atoms with Gasteiger partial charge in [0.15, 0.2) is 5.82 Å². The molecule has 1 aliphatic rings. The van der Waals surface area contributed by atoms with Gasteiger partial charge in [-0.15, -0.1) is 11.3 Å². The molecule has 184 valence electrons. The van der Waals surface area contributed by atoms with E-state index in [0.717, 1.165) is 22.0 Å². The van der Waals surface area contributed by atoms with Crippen molar-refractivity contribution in [2.75, 3.05) is 23.7 Å². The molecule has 0 spiro atoms. The molecule has 1 atom stereocenters. The molecule has 2 N–H and O–H groups in total. The van der Waals surface area contributed by atoms with Gasteiger partial charge in [-0.1, -0.05) is 18.2 Å². The molecule has 1 aromatic carbocycles. The fourth-order valence-electron chi connectivity index (χ4n) is 3.97. The summed E-state index contributed by atoms with van der Waals surface area (Å²) in [6.07, 6.45) is 5.50. The molecule has 0 aliphatic carbocycles. The maximum absolute atomic E-state index is 11.9. The largest absolute Gasteiger partial charge is 0.485 e. The summed E-state index contributed by atoms with van der Waals surface area (Å²) in [6, 6.07) is 9.34. The first kappa shape index (κ1) is 24.0. The number of amides is 1. The van der Waals surface area contributed by atoms with Crippen LogP contribution in [0, 0.1) is 6.92 Å². The number of thiazole rings is 1. The van der Waals surface area contributed by atoms with Crippen molar-refractivity contribution >= 4 is 57.2 Å². The third-order valence-corrected chi connectivity index (χ3v) is 6.91. The third-order valence-electron chi connectivity index (χ3n) is 5.72. The molecule has 9 nitrogen and oxygen atoms in total. The molecule has 5 rings (SSSR count). The van der Waals surface area contributed by atoms with Crippen molar-refractivity contribution in [3.63, 3.8) is 0 Å². The van der Waals surface area contributed by atoms with E-state index >= 15 is 0 Å². The van der Waals surface area contributed by atoms with Gasteiger partial charge < -0.3 is 20.3 Å². The highest BCUT2D eigenvalue weighted by Gasteiger charge is 2.25. The Morgan fingerprint density at radius 3 is 2.97 bits per heavy atom. The minimum atomic E-state index is -0.0565. The lowest BCUT2D eigenvalue weighted by Crippen LogP contribution is -2.30. The predicted molar refractivity (Wildman–Crippen MR) is 142 cm³/mol. The van der Waals surface area contributed by atoms with E-state index in [-0.39, 0.29) is 11.9 Å². The zero-order valence-corrected chi connectivity index (χ0v) is 21.1. The number of fused-ring (bicyclic) bond motifs is 1. The van der Waals surface area contributed by atoms with E-state index in [9.17, 15) is 4.79 Å². The Balaban J connectivity index is 1.30. The fourth-order valence-corrected chi connectivity index (χ4v) is 4.90. The highest BCUT2D eigenvalue weighted by atomic mass is 35.5. The lowest BCUT2D eigenvalue weighted by Gasteiger charge is -2.16. The second kappa shape index (κ2) is 10.5. The van der Waals surface area contributed by atoms with Gasteiger partial charge in [-0.05, 0) is 49.8 Å². The lowest BCUT2D eigenvalue weighted by atomic mass is 10.2. The molecular formula is C25H24ClN7O2S. The number of halogens is 1. The van der Waals surface area contributed by atoms with Gasteiger partial charge in [-0.25, -0.2) is 19.9 Å². The summed E-state index contributed by atoms with van der Waals surface area (Å²) >= 11 is 8.07. The van der Waals surface area contributed by atoms with Crippen molar-refractivity contribution < 1.29 is 9.53 Å². The molecule has 0 unspecified atom stereocenters. The average Bonchev–Trinajstić information content (AvgIpc) is 3.52. The van der Waals surface area contributed by atoms with Gasteiger partial charge in [0.2, 0.25) is 5.91 Å². The summed E-state index contributed by atoms with van der Waals surface area (Å²) in [7, 11) is 0. The number of pyridine rings is 1. The Kier molecular flexibility index (Phi) is 6.97. The number of hydrogen-bond acceptors (Lipinski definition) is 9. The summed E-state index contributed by atoms with van der Waals surface area (Å²) < 4.78 is 5.83. The first-order valence-corrected chi connectivity index (χ1v) is 12.6. The van der Waals surface area contributed by atoms with E-state index in [1.807, 2.05) is 37.4 Å². The summed E-state index contributed by atoms with van der Waals surface area (Å²) in [5.41, 5.74) is 2.07. The van der Waals surface area contributed by atoms with Crippen LogP contribution < -0.4 is 15.4 Å². The lowest BCUT2D eigenvalue weighted by molar-refractivity contribution is -0.125. The van der Waals surface area contributed by atoms with Gasteiger partial charge >= 0.3 is 0 Å². The Bertz CT molecular complexity index is 1430. The number of likely N-dealkylation sites (tertiary alicyclic amines) is 1. The molecule has 4 heterocycles. The van der Waals surface area contributed by atoms with Crippen molar-refractivity contribution in [2.45, 2.75) is 26.0 Å². The number of carbonyl (C=O) groups excluding carboxylic acids is 1. The maximum atomic E-state index is 11.9. The third kappa shape index (κ3) is 5.39. The molecule has 0 bridgehead atoms. The van der Waals surface area contributed by atoms with E-state index in [4.69, 9.17) is 21.3 Å². The summed E-state index contributed by atoms with van der Waals surface area (Å²) in [5.74, 6) is 1.77. The minimum Gasteiger partial charge on any atom is -0.485 e. The molecule has 0 radical (unpaired) electrons. The van der Waals surface area contributed by atoms with E-state index in [2.05, 4.69) is 32.2 Å². The van der Waals surface area contributed by atoms with Gasteiger partial charge in [-0.3, -0.25) is 4.79 Å². The van der Waals surface area contributed by atoms with Crippen LogP contribution in [0.1, 0.15) is 16.3 Å². The summed E-state index contributed by atoms with van der Waals surface area (Å²) in [6.45, 7) is 7.23. The van der Waals surface area contributed by atoms with Crippen LogP contribution in [-0.4, -0.2) is 49.9 Å². The van der Waals surface area contributed by atoms with E-state index in [1.54, 1.807) is 22.3 Å². The van der Waals surface area contributed by atoms with Crippen LogP contribution >= 0.6 is 22.9 Å². The van der Waals surface area contributed by atoms with Gasteiger partial charge in [0.05, 0.1) is 10.5 Å². The normalized spacial score (nSPS) is 15.2. The van der Waals surface area contributed by atoms with E-state index in [0.29, 0.717) is 53.1 Å². The van der Waals surface area contributed by atoms with Crippen molar-refractivity contribution in [1.29, 1.82) is 0 Å². The van der Waals surface area contributed by atoms with Crippen molar-refractivity contribution in [2.24, 2.45) is 0 Å². The number of aromatic nitrogens is 4. The fraction of sp³-hybridized carbons (Fsp3) is 0.240. The van der Waals surface area contributed by atoms with E-state index in [1.165, 1.54) is 12.4 Å². The predicted octanol–water partition coefficient (Wildman–Crippen LogP) is 4.96. The molecule has 0 saturated carbocycles. The molecule has 11 heteroatoms. The van der Waals surface area contributed by atoms with Crippen molar-refractivity contribution in [3.8, 4) is 5.75 Å². The molecule has 3 aromatic heterocycles. The topological polar surface area (TPSA) is 105 Å². The summed E-state index contributed by atoms with van der Waals surface area (Å²) in [4.78, 5) is 32.6. The first-order valence-electron chi connectivity index (χ1n) is 11.4. The first-order chi connectivity index (χ1) is 17.5. The second-order valence-electron chi connectivity index (χ2n) is 8.33. The van der Waals surface area contributed by atoms with E-state index < -0.39 is 0 Å². The van der Waals surface area contributed by atoms with Gasteiger partial charge in [-0.2, -0.15) is 0 Å². The quantitative estimate of drug-likeness (QED) is 0.313. The van der Waals surface area contributed by atoms with Crippen LogP contribution in [0.25, 0.3) is 11.0 Å². The number of ether oxygens (including phenoxy) is 1. The number of aryl methyl sites for hydroxylation is 1. The number of benzene rings is 1. The highest BCUT2D eigenvalue weighted by molar-refractivity contribution is 7.11. The standard InChI is InChI=1S/C25H24ClN7O2S/c1-3-23(34)33-9-8-17(12-33)30-21-7-5-19-24(32-21)25(29-14-28-19)31-16-4-6-20(18(26)10-16)35-13-22-27-11-15(2)36-22/h3-7,10-11,14,17H,1,8-9,12-13H2,2H3,(H,30,32)(H,28,29,31)/t17-/m0/s1. The van der Waals surface area contributed by atoms with Crippen LogP contribution in [-0.2, 0) is 11.4 Å². The zero-order chi connectivity index (χ0) is 25.1. The molecule has 1 saturated heterocycles. The Morgan fingerprint density at radius 2 is 2.19 bits per heavy atom. The molecule has 1 aliphatic heterocycles. The Labute approximate surface area is 217 Å². The summed E-state index contributed by atoms with van der Waals surface area (Å²) in [5, 5.41) is 8.07. The number of nitrogens with zero attached hydrogens (tertiary/aromatic N) is 5. The van der Waals surface area contributed by atoms with Crippen LogP contribution in [0.5, 0.6) is 5.75 Å². The zero-order valence-electron chi connectivity index (χ0n) is 19.6. The smallest absolute Gasteiger partial charge is 0.246 e. The van der Waals surface area contributed by atoms with Crippen molar-refractivity contribution in [1.82, 2.24) is 24.8 Å². The molecule has 1 fully saturated rings. The van der Waals surface area contributed by atoms with Gasteiger partial charge in [0.25, 0.3) is 0 Å². The van der Waals surface area contributed by atoms with Gasteiger partial charge in [0.1, 0.15) is 35.0 Å². The van der Waals surface area contributed by atoms with Crippen LogP contribution in [0.3, 0.4) is 0 Å². The Morgan fingerprint density at radius 1 is 1.31 bits per heavy atom. The minimum absolute atomic E-state index is 0.0565. The number of carbonyl (C=O) groups is 1. The van der Waals surface area contributed by atoms with Crippen molar-refractivity contribution in [3.05, 3.63) is 70.4 Å².